The van der Waals surface area contributed by atoms with Crippen molar-refractivity contribution >= 4 is 11.3 Å². The van der Waals surface area contributed by atoms with Crippen molar-refractivity contribution in [2.24, 2.45) is 0 Å². The Morgan fingerprint density at radius 1 is 1.50 bits per heavy atom. The molecule has 62 valence electrons. The molecule has 2 aromatic rings. The lowest BCUT2D eigenvalue weighted by atomic mass is 10.4. The molecule has 2 heterocycles. The molecule has 0 bridgehead atoms. The van der Waals surface area contributed by atoms with E-state index in [-0.39, 0.29) is 6.61 Å². The van der Waals surface area contributed by atoms with Gasteiger partial charge >= 0.3 is 0 Å². The second-order valence-electron chi connectivity index (χ2n) is 2.43. The van der Waals surface area contributed by atoms with E-state index in [0.29, 0.717) is 11.5 Å². The van der Waals surface area contributed by atoms with Crippen LogP contribution in [0.1, 0.15) is 5.69 Å². The number of nitrogens with zero attached hydrogens (tertiary/aromatic N) is 3. The van der Waals surface area contributed by atoms with E-state index >= 15 is 0 Å². The van der Waals surface area contributed by atoms with E-state index in [9.17, 15) is 0 Å². The third-order valence-electron chi connectivity index (χ3n) is 1.72. The highest BCUT2D eigenvalue weighted by Crippen LogP contribution is 2.12. The molecule has 0 saturated carbocycles. The smallest absolute Gasteiger partial charge is 0.151 e. The quantitative estimate of drug-likeness (QED) is 0.612. The van der Waals surface area contributed by atoms with Crippen LogP contribution in [0.3, 0.4) is 0 Å². The normalized spacial score (nSPS) is 10.8. The molecule has 0 atom stereocenters. The summed E-state index contributed by atoms with van der Waals surface area (Å²) in [6.07, 6.45) is 1.36. The lowest BCUT2D eigenvalue weighted by Gasteiger charge is -1.98. The van der Waals surface area contributed by atoms with Crippen molar-refractivity contribution in [1.29, 1.82) is 0 Å². The monoisotopic (exact) mass is 164 g/mol. The summed E-state index contributed by atoms with van der Waals surface area (Å²) in [6, 6.07) is 3.54. The van der Waals surface area contributed by atoms with Crippen LogP contribution in [0.5, 0.6) is 0 Å². The fourth-order valence-corrected chi connectivity index (χ4v) is 1.13. The average Bonchev–Trinajstić information content (AvgIpc) is 2.49. The molecule has 0 unspecified atom stereocenters. The van der Waals surface area contributed by atoms with E-state index in [4.69, 9.17) is 10.8 Å². The van der Waals surface area contributed by atoms with Crippen LogP contribution in [0.4, 0.5) is 5.82 Å². The van der Waals surface area contributed by atoms with Gasteiger partial charge in [-0.2, -0.15) is 5.10 Å². The van der Waals surface area contributed by atoms with Crippen LogP contribution in [-0.2, 0) is 6.61 Å². The van der Waals surface area contributed by atoms with Crippen LogP contribution >= 0.6 is 0 Å². The maximum absolute atomic E-state index is 8.89. The van der Waals surface area contributed by atoms with E-state index in [1.165, 1.54) is 6.33 Å². The highest BCUT2D eigenvalue weighted by molar-refractivity contribution is 5.65. The number of aliphatic hydroxyl groups is 1. The van der Waals surface area contributed by atoms with E-state index in [0.717, 1.165) is 5.52 Å². The van der Waals surface area contributed by atoms with Gasteiger partial charge in [-0.1, -0.05) is 0 Å². The number of nitrogens with two attached hydrogens (primary N) is 1. The first-order valence-corrected chi connectivity index (χ1v) is 3.51. The fourth-order valence-electron chi connectivity index (χ4n) is 1.13. The molecule has 0 radical (unpaired) electrons. The highest BCUT2D eigenvalue weighted by Gasteiger charge is 2.03. The molecule has 5 heteroatoms. The van der Waals surface area contributed by atoms with Crippen LogP contribution < -0.4 is 5.73 Å². The van der Waals surface area contributed by atoms with E-state index in [1.54, 1.807) is 16.6 Å². The predicted octanol–water partition coefficient (Wildman–Crippen LogP) is -0.196. The van der Waals surface area contributed by atoms with Gasteiger partial charge in [0, 0.05) is 0 Å². The number of anilines is 1. The van der Waals surface area contributed by atoms with Crippen molar-refractivity contribution < 1.29 is 5.11 Å². The Bertz CT molecular complexity index is 409. The molecule has 5 nitrogen and oxygen atoms in total. The number of fused-ring (bicyclic) bond motifs is 1. The van der Waals surface area contributed by atoms with Gasteiger partial charge in [-0.3, -0.25) is 0 Å². The zero-order valence-electron chi connectivity index (χ0n) is 6.31. The van der Waals surface area contributed by atoms with E-state index in [1.807, 2.05) is 0 Å². The van der Waals surface area contributed by atoms with Gasteiger partial charge in [0.25, 0.3) is 0 Å². The van der Waals surface area contributed by atoms with Crippen LogP contribution in [0, 0.1) is 0 Å². The Labute approximate surface area is 68.5 Å². The van der Waals surface area contributed by atoms with Crippen molar-refractivity contribution in [3.05, 3.63) is 24.2 Å². The summed E-state index contributed by atoms with van der Waals surface area (Å²) in [4.78, 5) is 3.82. The topological polar surface area (TPSA) is 76.4 Å². The SMILES string of the molecule is Nc1ncnn2c(CO)ccc12. The van der Waals surface area contributed by atoms with Gasteiger partial charge in [0.05, 0.1) is 12.3 Å². The van der Waals surface area contributed by atoms with Crippen molar-refractivity contribution in [3.8, 4) is 0 Å². The molecule has 2 rings (SSSR count). The van der Waals surface area contributed by atoms with Crippen molar-refractivity contribution in [3.63, 3.8) is 0 Å². The van der Waals surface area contributed by atoms with Crippen LogP contribution in [-0.4, -0.2) is 19.7 Å². The molecule has 0 saturated heterocycles. The molecule has 0 aliphatic rings. The Balaban J connectivity index is 2.80. The zero-order valence-corrected chi connectivity index (χ0v) is 6.31. The summed E-state index contributed by atoms with van der Waals surface area (Å²) in [7, 11) is 0. The first-order chi connectivity index (χ1) is 5.83. The number of aliphatic hydroxyl groups excluding tert-OH is 1. The molecule has 0 fully saturated rings. The lowest BCUT2D eigenvalue weighted by Crippen LogP contribution is -2.01. The third kappa shape index (κ3) is 0.835. The van der Waals surface area contributed by atoms with Gasteiger partial charge in [0.2, 0.25) is 0 Å². The molecule has 2 aromatic heterocycles. The second kappa shape index (κ2) is 2.46. The minimum absolute atomic E-state index is 0.0510. The number of rotatable bonds is 1. The Morgan fingerprint density at radius 3 is 3.08 bits per heavy atom. The summed E-state index contributed by atoms with van der Waals surface area (Å²) in [5, 5.41) is 12.8. The highest BCUT2D eigenvalue weighted by atomic mass is 16.3. The predicted molar refractivity (Wildman–Crippen MR) is 43.3 cm³/mol. The minimum Gasteiger partial charge on any atom is -0.390 e. The van der Waals surface area contributed by atoms with Crippen molar-refractivity contribution in [2.75, 3.05) is 5.73 Å². The molecule has 0 amide bonds. The number of hydrogen-bond acceptors (Lipinski definition) is 4. The Hall–Kier alpha value is -1.62. The lowest BCUT2D eigenvalue weighted by molar-refractivity contribution is 0.274. The van der Waals surface area contributed by atoms with Gasteiger partial charge in [-0.15, -0.1) is 0 Å². The zero-order chi connectivity index (χ0) is 8.55. The molecule has 0 aromatic carbocycles. The van der Waals surface area contributed by atoms with E-state index < -0.39 is 0 Å². The van der Waals surface area contributed by atoms with Gasteiger partial charge in [-0.25, -0.2) is 9.50 Å². The Morgan fingerprint density at radius 2 is 2.33 bits per heavy atom. The standard InChI is InChI=1S/C7H8N4O/c8-7-6-2-1-5(3-12)11(6)10-4-9-7/h1-2,4,12H,3H2,(H2,8,9,10). The Kier molecular flexibility index (Phi) is 1.44. The first-order valence-electron chi connectivity index (χ1n) is 3.51. The third-order valence-corrected chi connectivity index (χ3v) is 1.72. The molecular weight excluding hydrogens is 156 g/mol. The minimum atomic E-state index is -0.0510. The van der Waals surface area contributed by atoms with Gasteiger partial charge in [0.15, 0.2) is 5.82 Å². The van der Waals surface area contributed by atoms with Gasteiger partial charge in [-0.05, 0) is 12.1 Å². The molecule has 0 aliphatic heterocycles. The van der Waals surface area contributed by atoms with Crippen LogP contribution in [0.25, 0.3) is 5.52 Å². The maximum Gasteiger partial charge on any atom is 0.151 e. The summed E-state index contributed by atoms with van der Waals surface area (Å²) >= 11 is 0. The van der Waals surface area contributed by atoms with Crippen LogP contribution in [0.15, 0.2) is 18.5 Å². The fraction of sp³-hybridized carbons (Fsp3) is 0.143. The summed E-state index contributed by atoms with van der Waals surface area (Å²) < 4.78 is 1.57. The number of hydrogen-bond donors (Lipinski definition) is 2. The van der Waals surface area contributed by atoms with Crippen molar-refractivity contribution in [2.45, 2.75) is 6.61 Å². The molecule has 0 aliphatic carbocycles. The first kappa shape index (κ1) is 7.05. The molecule has 3 N–H and O–H groups in total. The van der Waals surface area contributed by atoms with E-state index in [2.05, 4.69) is 10.1 Å². The number of nitrogen functional groups attached to an aromatic ring is 1. The van der Waals surface area contributed by atoms with Gasteiger partial charge < -0.3 is 10.8 Å². The number of aromatic nitrogens is 3. The largest absolute Gasteiger partial charge is 0.390 e. The van der Waals surface area contributed by atoms with Crippen molar-refractivity contribution in [1.82, 2.24) is 14.6 Å². The molecular formula is C7H8N4O. The van der Waals surface area contributed by atoms with Gasteiger partial charge in [0.1, 0.15) is 11.8 Å². The summed E-state index contributed by atoms with van der Waals surface area (Å²) in [5.41, 5.74) is 7.00. The molecule has 12 heavy (non-hydrogen) atoms. The maximum atomic E-state index is 8.89. The molecule has 0 spiro atoms. The summed E-state index contributed by atoms with van der Waals surface area (Å²) in [5.74, 6) is 0.421. The second-order valence-corrected chi connectivity index (χ2v) is 2.43. The van der Waals surface area contributed by atoms with Crippen LogP contribution in [0.2, 0.25) is 0 Å². The summed E-state index contributed by atoms with van der Waals surface area (Å²) in [6.45, 7) is -0.0510. The average molecular weight is 164 g/mol.